The van der Waals surface area contributed by atoms with Gasteiger partial charge in [0.25, 0.3) is 0 Å². The van der Waals surface area contributed by atoms with Crippen molar-refractivity contribution >= 4 is 0 Å². The summed E-state index contributed by atoms with van der Waals surface area (Å²) in [4.78, 5) is 13.7. The molecule has 3 heterocycles. The van der Waals surface area contributed by atoms with Crippen LogP contribution in [0.4, 0.5) is 26.3 Å². The van der Waals surface area contributed by atoms with Crippen molar-refractivity contribution in [1.29, 1.82) is 0 Å². The SMILES string of the molecule is FC(F)(F)c1cc(-c2nc(CCCN3CCOCC3)[nH]c2-c2ccncc2)cc(C(F)(F)F)c1. The molecule has 0 unspecified atom stereocenters. The maximum absolute atomic E-state index is 13.4. The van der Waals surface area contributed by atoms with Crippen LogP contribution in [0.1, 0.15) is 23.4 Å². The molecule has 0 radical (unpaired) electrons. The van der Waals surface area contributed by atoms with E-state index >= 15 is 0 Å². The maximum Gasteiger partial charge on any atom is 0.416 e. The molecule has 0 spiro atoms. The van der Waals surface area contributed by atoms with Gasteiger partial charge in [-0.2, -0.15) is 26.3 Å². The first-order valence-corrected chi connectivity index (χ1v) is 10.7. The highest BCUT2D eigenvalue weighted by Gasteiger charge is 2.37. The first-order chi connectivity index (χ1) is 16.1. The van der Waals surface area contributed by atoms with Crippen molar-refractivity contribution in [3.8, 4) is 22.5 Å². The zero-order valence-corrected chi connectivity index (χ0v) is 18.0. The molecule has 0 amide bonds. The van der Waals surface area contributed by atoms with Crippen LogP contribution in [-0.4, -0.2) is 52.7 Å². The number of rotatable bonds is 6. The fourth-order valence-corrected chi connectivity index (χ4v) is 3.86. The Labute approximate surface area is 191 Å². The number of alkyl halides is 6. The zero-order valence-electron chi connectivity index (χ0n) is 18.0. The zero-order chi connectivity index (χ0) is 24.3. The summed E-state index contributed by atoms with van der Waals surface area (Å²) in [6.45, 7) is 3.74. The third-order valence-corrected chi connectivity index (χ3v) is 5.57. The van der Waals surface area contributed by atoms with Gasteiger partial charge in [-0.3, -0.25) is 9.88 Å². The number of hydrogen-bond acceptors (Lipinski definition) is 4. The molecule has 0 aliphatic carbocycles. The number of aryl methyl sites for hydroxylation is 1. The molecular weight excluding hydrogens is 462 g/mol. The van der Waals surface area contributed by atoms with Gasteiger partial charge in [0.05, 0.1) is 35.7 Å². The minimum atomic E-state index is -4.94. The molecule has 5 nitrogen and oxygen atoms in total. The standard InChI is InChI=1S/C23H22F6N4O/c24-22(25,26)17-12-16(13-18(14-17)23(27,28)29)21-20(15-3-5-30-6-4-15)31-19(32-21)2-1-7-33-8-10-34-11-9-33/h3-6,12-14H,1-2,7-11H2,(H,31,32). The molecule has 1 aliphatic rings. The Morgan fingerprint density at radius 2 is 1.50 bits per heavy atom. The van der Waals surface area contributed by atoms with Crippen molar-refractivity contribution in [2.45, 2.75) is 25.2 Å². The highest BCUT2D eigenvalue weighted by atomic mass is 19.4. The second-order valence-electron chi connectivity index (χ2n) is 8.00. The van der Waals surface area contributed by atoms with Crippen LogP contribution in [0.2, 0.25) is 0 Å². The molecule has 0 bridgehead atoms. The van der Waals surface area contributed by atoms with E-state index in [1.165, 1.54) is 12.4 Å². The fraction of sp³-hybridized carbons (Fsp3) is 0.391. The van der Waals surface area contributed by atoms with Gasteiger partial charge in [0.2, 0.25) is 0 Å². The number of morpholine rings is 1. The van der Waals surface area contributed by atoms with E-state index in [-0.39, 0.29) is 17.3 Å². The number of pyridine rings is 1. The number of H-pyrrole nitrogens is 1. The van der Waals surface area contributed by atoms with Gasteiger partial charge < -0.3 is 9.72 Å². The minimum Gasteiger partial charge on any atom is -0.379 e. The van der Waals surface area contributed by atoms with Crippen molar-refractivity contribution in [2.24, 2.45) is 0 Å². The van der Waals surface area contributed by atoms with Crippen LogP contribution in [0.5, 0.6) is 0 Å². The number of hydrogen-bond donors (Lipinski definition) is 1. The third-order valence-electron chi connectivity index (χ3n) is 5.57. The monoisotopic (exact) mass is 484 g/mol. The second-order valence-corrected chi connectivity index (χ2v) is 8.00. The van der Waals surface area contributed by atoms with Crippen LogP contribution < -0.4 is 0 Å². The van der Waals surface area contributed by atoms with Gasteiger partial charge in [0, 0.05) is 43.0 Å². The predicted octanol–water partition coefficient (Wildman–Crippen LogP) is 5.44. The van der Waals surface area contributed by atoms with Gasteiger partial charge in [-0.05, 0) is 43.3 Å². The van der Waals surface area contributed by atoms with Crippen molar-refractivity contribution in [3.63, 3.8) is 0 Å². The lowest BCUT2D eigenvalue weighted by Crippen LogP contribution is -2.36. The van der Waals surface area contributed by atoms with Gasteiger partial charge in [-0.25, -0.2) is 4.98 Å². The molecule has 1 saturated heterocycles. The molecule has 4 rings (SSSR count). The van der Waals surface area contributed by atoms with Crippen LogP contribution in [0.3, 0.4) is 0 Å². The molecule has 2 aromatic heterocycles. The smallest absolute Gasteiger partial charge is 0.379 e. The Bertz CT molecular complexity index is 1070. The van der Waals surface area contributed by atoms with Crippen molar-refractivity contribution in [3.05, 3.63) is 59.7 Å². The van der Waals surface area contributed by atoms with Gasteiger partial charge in [0.15, 0.2) is 0 Å². The van der Waals surface area contributed by atoms with Crippen LogP contribution >= 0.6 is 0 Å². The Kier molecular flexibility index (Phi) is 6.94. The Morgan fingerprint density at radius 3 is 2.09 bits per heavy atom. The lowest BCUT2D eigenvalue weighted by molar-refractivity contribution is -0.143. The summed E-state index contributed by atoms with van der Waals surface area (Å²) in [5.41, 5.74) is -2.09. The summed E-state index contributed by atoms with van der Waals surface area (Å²) in [7, 11) is 0. The second kappa shape index (κ2) is 9.75. The van der Waals surface area contributed by atoms with Gasteiger partial charge >= 0.3 is 12.4 Å². The number of nitrogens with zero attached hydrogens (tertiary/aromatic N) is 3. The summed E-state index contributed by atoms with van der Waals surface area (Å²) >= 11 is 0. The highest BCUT2D eigenvalue weighted by molar-refractivity contribution is 5.79. The number of aromatic nitrogens is 3. The van der Waals surface area contributed by atoms with Gasteiger partial charge in [0.1, 0.15) is 5.82 Å². The third kappa shape index (κ3) is 5.76. The van der Waals surface area contributed by atoms with E-state index in [1.807, 2.05) is 0 Å². The lowest BCUT2D eigenvalue weighted by atomic mass is 10.00. The van der Waals surface area contributed by atoms with E-state index in [9.17, 15) is 26.3 Å². The molecule has 0 atom stereocenters. The molecule has 3 aromatic rings. The molecule has 11 heteroatoms. The molecule has 0 saturated carbocycles. The molecule has 1 aromatic carbocycles. The molecule has 1 aliphatic heterocycles. The number of ether oxygens (including phenoxy) is 1. The molecular formula is C23H22F6N4O. The Morgan fingerprint density at radius 1 is 0.882 bits per heavy atom. The molecule has 34 heavy (non-hydrogen) atoms. The predicted molar refractivity (Wildman–Crippen MR) is 113 cm³/mol. The molecule has 1 fully saturated rings. The largest absolute Gasteiger partial charge is 0.416 e. The van der Waals surface area contributed by atoms with Crippen LogP contribution in [-0.2, 0) is 23.5 Å². The number of imidazole rings is 1. The quantitative estimate of drug-likeness (QED) is 0.474. The summed E-state index contributed by atoms with van der Waals surface area (Å²) < 4.78 is 85.8. The average molecular weight is 484 g/mol. The van der Waals surface area contributed by atoms with Gasteiger partial charge in [-0.1, -0.05) is 0 Å². The van der Waals surface area contributed by atoms with Crippen LogP contribution in [0.15, 0.2) is 42.7 Å². The highest BCUT2D eigenvalue weighted by Crippen LogP contribution is 2.40. The maximum atomic E-state index is 13.4. The van der Waals surface area contributed by atoms with E-state index in [4.69, 9.17) is 4.74 Å². The van der Waals surface area contributed by atoms with Crippen LogP contribution in [0, 0.1) is 0 Å². The van der Waals surface area contributed by atoms with Gasteiger partial charge in [-0.15, -0.1) is 0 Å². The fourth-order valence-electron chi connectivity index (χ4n) is 3.86. The van der Waals surface area contributed by atoms with E-state index in [0.29, 0.717) is 48.8 Å². The van der Waals surface area contributed by atoms with Crippen molar-refractivity contribution in [2.75, 3.05) is 32.8 Å². The molecule has 1 N–H and O–H groups in total. The van der Waals surface area contributed by atoms with Crippen LogP contribution in [0.25, 0.3) is 22.5 Å². The summed E-state index contributed by atoms with van der Waals surface area (Å²) in [5.74, 6) is 0.487. The summed E-state index contributed by atoms with van der Waals surface area (Å²) in [6, 6.07) is 4.76. The minimum absolute atomic E-state index is 0.0316. The first-order valence-electron chi connectivity index (χ1n) is 10.7. The number of aromatic amines is 1. The topological polar surface area (TPSA) is 54.0 Å². The molecule has 182 valence electrons. The normalized spacial score (nSPS) is 15.6. The van der Waals surface area contributed by atoms with Crippen molar-refractivity contribution in [1.82, 2.24) is 19.9 Å². The first kappa shape index (κ1) is 24.2. The lowest BCUT2D eigenvalue weighted by Gasteiger charge is -2.26. The number of nitrogens with one attached hydrogen (secondary N) is 1. The summed E-state index contributed by atoms with van der Waals surface area (Å²) in [5, 5.41) is 0. The number of halogens is 6. The van der Waals surface area contributed by atoms with Crippen molar-refractivity contribution < 1.29 is 31.1 Å². The van der Waals surface area contributed by atoms with E-state index in [1.54, 1.807) is 12.1 Å². The summed E-state index contributed by atoms with van der Waals surface area (Å²) in [6.07, 6.45) is -5.69. The Hall–Kier alpha value is -2.92. The van der Waals surface area contributed by atoms with E-state index in [2.05, 4.69) is 19.9 Å². The van der Waals surface area contributed by atoms with E-state index in [0.717, 1.165) is 26.1 Å². The average Bonchev–Trinajstić information content (AvgIpc) is 3.23. The Balaban J connectivity index is 1.71. The number of benzene rings is 1. The van der Waals surface area contributed by atoms with E-state index < -0.39 is 23.5 Å².